The lowest BCUT2D eigenvalue weighted by molar-refractivity contribution is -0.126. The molecule has 6 heteroatoms. The number of anilines is 1. The molecule has 2 heterocycles. The first-order valence-electron chi connectivity index (χ1n) is 6.24. The molecule has 1 unspecified atom stereocenters. The van der Waals surface area contributed by atoms with Gasteiger partial charge in [-0.3, -0.25) is 14.7 Å². The van der Waals surface area contributed by atoms with Crippen molar-refractivity contribution in [3.63, 3.8) is 0 Å². The van der Waals surface area contributed by atoms with Crippen LogP contribution >= 0.6 is 0 Å². The van der Waals surface area contributed by atoms with Crippen molar-refractivity contribution in [2.45, 2.75) is 12.8 Å². The van der Waals surface area contributed by atoms with Gasteiger partial charge in [0.2, 0.25) is 11.8 Å². The fourth-order valence-corrected chi connectivity index (χ4v) is 2.26. The number of para-hydroxylation sites is 1. The van der Waals surface area contributed by atoms with Gasteiger partial charge in [-0.05, 0) is 12.5 Å². The third-order valence-corrected chi connectivity index (χ3v) is 3.37. The normalized spacial score (nSPS) is 19.2. The van der Waals surface area contributed by atoms with E-state index in [0.717, 1.165) is 16.6 Å². The van der Waals surface area contributed by atoms with Crippen LogP contribution in [-0.2, 0) is 9.59 Å². The number of aromatic nitrogens is 2. The van der Waals surface area contributed by atoms with E-state index in [4.69, 9.17) is 0 Å². The molecule has 3 rings (SSSR count). The molecule has 19 heavy (non-hydrogen) atoms. The summed E-state index contributed by atoms with van der Waals surface area (Å²) in [5.74, 6) is -0.224. The molecular weight excluding hydrogens is 244 g/mol. The third-order valence-electron chi connectivity index (χ3n) is 3.37. The van der Waals surface area contributed by atoms with Gasteiger partial charge in [-0.25, -0.2) is 0 Å². The molecule has 1 saturated heterocycles. The Morgan fingerprint density at radius 2 is 2.32 bits per heavy atom. The van der Waals surface area contributed by atoms with Gasteiger partial charge in [-0.15, -0.1) is 0 Å². The highest BCUT2D eigenvalue weighted by atomic mass is 16.2. The van der Waals surface area contributed by atoms with Crippen molar-refractivity contribution in [2.24, 2.45) is 5.92 Å². The Hall–Kier alpha value is -2.37. The molecule has 98 valence electrons. The molecule has 0 radical (unpaired) electrons. The van der Waals surface area contributed by atoms with Crippen molar-refractivity contribution in [3.05, 3.63) is 24.4 Å². The number of nitrogens with zero attached hydrogens (tertiary/aromatic N) is 1. The molecule has 1 aliphatic rings. The first kappa shape index (κ1) is 11.7. The van der Waals surface area contributed by atoms with E-state index in [-0.39, 0.29) is 17.7 Å². The summed E-state index contributed by atoms with van der Waals surface area (Å²) in [5, 5.41) is 13.4. The highest BCUT2D eigenvalue weighted by Gasteiger charge is 2.24. The number of carbonyl (C=O) groups is 2. The van der Waals surface area contributed by atoms with Crippen LogP contribution in [0.1, 0.15) is 12.8 Å². The number of fused-ring (bicyclic) bond motifs is 1. The van der Waals surface area contributed by atoms with Crippen molar-refractivity contribution in [3.8, 4) is 0 Å². The Morgan fingerprint density at radius 3 is 3.11 bits per heavy atom. The van der Waals surface area contributed by atoms with Crippen molar-refractivity contribution in [1.82, 2.24) is 15.5 Å². The van der Waals surface area contributed by atoms with Crippen LogP contribution in [0.3, 0.4) is 0 Å². The SMILES string of the molecule is O=C1CCC(C(=O)Nc2cccc3cn[nH]c23)CN1. The topological polar surface area (TPSA) is 86.9 Å². The van der Waals surface area contributed by atoms with Gasteiger partial charge >= 0.3 is 0 Å². The summed E-state index contributed by atoms with van der Waals surface area (Å²) in [6, 6.07) is 5.63. The summed E-state index contributed by atoms with van der Waals surface area (Å²) in [5.41, 5.74) is 1.53. The number of aromatic amines is 1. The molecule has 6 nitrogen and oxygen atoms in total. The lowest BCUT2D eigenvalue weighted by atomic mass is 9.98. The third kappa shape index (κ3) is 2.29. The van der Waals surface area contributed by atoms with E-state index < -0.39 is 0 Å². The highest BCUT2D eigenvalue weighted by Crippen LogP contribution is 2.22. The molecule has 1 aliphatic heterocycles. The summed E-state index contributed by atoms with van der Waals surface area (Å²) in [7, 11) is 0. The second kappa shape index (κ2) is 4.72. The fraction of sp³-hybridized carbons (Fsp3) is 0.308. The van der Waals surface area contributed by atoms with E-state index in [2.05, 4.69) is 20.8 Å². The van der Waals surface area contributed by atoms with E-state index in [1.807, 2.05) is 18.2 Å². The Kier molecular flexibility index (Phi) is 2.91. The smallest absolute Gasteiger partial charge is 0.229 e. The van der Waals surface area contributed by atoms with E-state index in [1.54, 1.807) is 6.20 Å². The van der Waals surface area contributed by atoms with Crippen molar-refractivity contribution in [2.75, 3.05) is 11.9 Å². The number of carbonyl (C=O) groups excluding carboxylic acids is 2. The summed E-state index contributed by atoms with van der Waals surface area (Å²) in [6.45, 7) is 0.406. The van der Waals surface area contributed by atoms with Crippen LogP contribution in [0.2, 0.25) is 0 Å². The van der Waals surface area contributed by atoms with Crippen molar-refractivity contribution < 1.29 is 9.59 Å². The van der Waals surface area contributed by atoms with Gasteiger partial charge < -0.3 is 10.6 Å². The molecule has 1 atom stereocenters. The maximum Gasteiger partial charge on any atom is 0.229 e. The maximum atomic E-state index is 12.1. The number of hydrogen-bond donors (Lipinski definition) is 3. The highest BCUT2D eigenvalue weighted by molar-refractivity contribution is 6.01. The largest absolute Gasteiger partial charge is 0.355 e. The van der Waals surface area contributed by atoms with Crippen LogP contribution in [-0.4, -0.2) is 28.6 Å². The van der Waals surface area contributed by atoms with Gasteiger partial charge in [0.15, 0.2) is 0 Å². The molecule has 0 aliphatic carbocycles. The van der Waals surface area contributed by atoms with Gasteiger partial charge in [-0.1, -0.05) is 12.1 Å². The molecule has 1 aromatic heterocycles. The Morgan fingerprint density at radius 1 is 1.42 bits per heavy atom. The molecule has 1 fully saturated rings. The number of rotatable bonds is 2. The molecule has 0 saturated carbocycles. The van der Waals surface area contributed by atoms with Crippen LogP contribution < -0.4 is 10.6 Å². The summed E-state index contributed by atoms with van der Waals surface area (Å²) in [6.07, 6.45) is 2.72. The van der Waals surface area contributed by atoms with Crippen LogP contribution in [0.4, 0.5) is 5.69 Å². The molecule has 2 amide bonds. The quantitative estimate of drug-likeness (QED) is 0.751. The van der Waals surface area contributed by atoms with Gasteiger partial charge in [0.1, 0.15) is 0 Å². The first-order chi connectivity index (χ1) is 9.24. The number of H-pyrrole nitrogens is 1. The Balaban J connectivity index is 1.76. The Bertz CT molecular complexity index is 624. The molecule has 2 aromatic rings. The summed E-state index contributed by atoms with van der Waals surface area (Å²) >= 11 is 0. The van der Waals surface area contributed by atoms with Gasteiger partial charge in [0, 0.05) is 18.4 Å². The minimum Gasteiger partial charge on any atom is -0.355 e. The predicted molar refractivity (Wildman–Crippen MR) is 70.5 cm³/mol. The predicted octanol–water partition coefficient (Wildman–Crippen LogP) is 1.03. The van der Waals surface area contributed by atoms with Crippen LogP contribution in [0.15, 0.2) is 24.4 Å². The minimum absolute atomic E-state index is 0.0136. The van der Waals surface area contributed by atoms with Crippen LogP contribution in [0.25, 0.3) is 10.9 Å². The first-order valence-corrected chi connectivity index (χ1v) is 6.24. The molecular formula is C13H14N4O2. The zero-order valence-corrected chi connectivity index (χ0v) is 10.3. The van der Waals surface area contributed by atoms with E-state index in [1.165, 1.54) is 0 Å². The minimum atomic E-state index is -0.170. The lowest BCUT2D eigenvalue weighted by Crippen LogP contribution is -2.40. The van der Waals surface area contributed by atoms with E-state index in [0.29, 0.717) is 19.4 Å². The number of hydrogen-bond acceptors (Lipinski definition) is 3. The molecule has 3 N–H and O–H groups in total. The number of piperidine rings is 1. The van der Waals surface area contributed by atoms with Gasteiger partial charge in [-0.2, -0.15) is 5.10 Å². The van der Waals surface area contributed by atoms with Crippen molar-refractivity contribution in [1.29, 1.82) is 0 Å². The average Bonchev–Trinajstić information content (AvgIpc) is 2.89. The number of nitrogens with one attached hydrogen (secondary N) is 3. The van der Waals surface area contributed by atoms with Gasteiger partial charge in [0.25, 0.3) is 0 Å². The van der Waals surface area contributed by atoms with E-state index in [9.17, 15) is 9.59 Å². The monoisotopic (exact) mass is 258 g/mol. The zero-order valence-electron chi connectivity index (χ0n) is 10.3. The van der Waals surface area contributed by atoms with Gasteiger partial charge in [0.05, 0.1) is 23.3 Å². The fourth-order valence-electron chi connectivity index (χ4n) is 2.26. The average molecular weight is 258 g/mol. The summed E-state index contributed by atoms with van der Waals surface area (Å²) in [4.78, 5) is 23.2. The Labute approximate surface area is 109 Å². The lowest BCUT2D eigenvalue weighted by Gasteiger charge is -2.21. The molecule has 0 bridgehead atoms. The van der Waals surface area contributed by atoms with Crippen molar-refractivity contribution >= 4 is 28.4 Å². The second-order valence-corrected chi connectivity index (χ2v) is 4.67. The molecule has 0 spiro atoms. The second-order valence-electron chi connectivity index (χ2n) is 4.67. The maximum absolute atomic E-state index is 12.1. The number of amides is 2. The zero-order chi connectivity index (χ0) is 13.2. The van der Waals surface area contributed by atoms with Crippen LogP contribution in [0, 0.1) is 5.92 Å². The van der Waals surface area contributed by atoms with E-state index >= 15 is 0 Å². The standard InChI is InChI=1S/C13H14N4O2/c18-11-5-4-9(6-14-11)13(19)16-10-3-1-2-8-7-15-17-12(8)10/h1-3,7,9H,4-6H2,(H,14,18)(H,15,17)(H,16,19). The van der Waals surface area contributed by atoms with Crippen LogP contribution in [0.5, 0.6) is 0 Å². The molecule has 1 aromatic carbocycles. The number of benzene rings is 1. The summed E-state index contributed by atoms with van der Waals surface area (Å²) < 4.78 is 0.